The van der Waals surface area contributed by atoms with Crippen LogP contribution < -0.4 is 5.32 Å². The van der Waals surface area contributed by atoms with Crippen molar-refractivity contribution < 1.29 is 13.2 Å². The molecule has 1 N–H and O–H groups in total. The summed E-state index contributed by atoms with van der Waals surface area (Å²) in [4.78, 5) is 20.2. The molecule has 0 unspecified atom stereocenters. The van der Waals surface area contributed by atoms with Gasteiger partial charge in [0.25, 0.3) is 0 Å². The number of anilines is 2. The molecule has 0 spiro atoms. The summed E-state index contributed by atoms with van der Waals surface area (Å²) in [6.45, 7) is 8.97. The van der Waals surface area contributed by atoms with Crippen LogP contribution in [0.15, 0.2) is 54.7 Å². The van der Waals surface area contributed by atoms with Crippen LogP contribution in [0.5, 0.6) is 0 Å². The molecule has 5 rings (SSSR count). The number of fused-ring (bicyclic) bond motifs is 1. The fourth-order valence-electron chi connectivity index (χ4n) is 4.52. The second kappa shape index (κ2) is 9.70. The topological polar surface area (TPSA) is 66.8 Å². The van der Waals surface area contributed by atoms with Gasteiger partial charge in [0.2, 0.25) is 0 Å². The molecule has 9 heteroatoms. The van der Waals surface area contributed by atoms with Gasteiger partial charge in [-0.05, 0) is 73.3 Å². The van der Waals surface area contributed by atoms with Gasteiger partial charge in [-0.2, -0.15) is 13.2 Å². The lowest BCUT2D eigenvalue weighted by Gasteiger charge is -2.19. The Kier molecular flexibility index (Phi) is 6.58. The van der Waals surface area contributed by atoms with Gasteiger partial charge in [0, 0.05) is 11.9 Å². The van der Waals surface area contributed by atoms with Gasteiger partial charge in [-0.25, -0.2) is 15.0 Å². The summed E-state index contributed by atoms with van der Waals surface area (Å²) in [5, 5.41) is 4.00. The van der Waals surface area contributed by atoms with Crippen LogP contribution in [0.4, 0.5) is 24.7 Å². The van der Waals surface area contributed by atoms with E-state index in [4.69, 9.17) is 4.98 Å². The molecule has 0 atom stereocenters. The Morgan fingerprint density at radius 1 is 0.892 bits per heavy atom. The van der Waals surface area contributed by atoms with Gasteiger partial charge in [-0.3, -0.25) is 9.88 Å². The molecule has 192 valence electrons. The predicted octanol–water partition coefficient (Wildman–Crippen LogP) is 6.74. The van der Waals surface area contributed by atoms with Crippen LogP contribution in [0.25, 0.3) is 22.4 Å². The number of pyridine rings is 2. The van der Waals surface area contributed by atoms with E-state index in [-0.39, 0.29) is 16.8 Å². The highest BCUT2D eigenvalue weighted by atomic mass is 19.4. The zero-order valence-electron chi connectivity index (χ0n) is 21.1. The van der Waals surface area contributed by atoms with Crippen LogP contribution in [-0.2, 0) is 18.1 Å². The molecule has 0 radical (unpaired) electrons. The van der Waals surface area contributed by atoms with Gasteiger partial charge in [0.05, 0.1) is 23.2 Å². The molecule has 4 heterocycles. The Morgan fingerprint density at radius 2 is 1.62 bits per heavy atom. The zero-order valence-corrected chi connectivity index (χ0v) is 21.1. The van der Waals surface area contributed by atoms with Crippen molar-refractivity contribution in [1.82, 2.24) is 24.8 Å². The summed E-state index contributed by atoms with van der Waals surface area (Å²) in [5.41, 5.74) is 1.50. The molecule has 37 heavy (non-hydrogen) atoms. The Labute approximate surface area is 214 Å². The average Bonchev–Trinajstić information content (AvgIpc) is 3.36. The second-order valence-electron chi connectivity index (χ2n) is 10.4. The third-order valence-electron chi connectivity index (χ3n) is 6.54. The van der Waals surface area contributed by atoms with Crippen molar-refractivity contribution in [3.05, 3.63) is 71.7 Å². The summed E-state index contributed by atoms with van der Waals surface area (Å²) >= 11 is 0. The van der Waals surface area contributed by atoms with Crippen molar-refractivity contribution in [2.45, 2.75) is 51.7 Å². The first-order chi connectivity index (χ1) is 17.6. The highest BCUT2D eigenvalue weighted by Gasteiger charge is 2.34. The van der Waals surface area contributed by atoms with E-state index in [2.05, 4.69) is 58.1 Å². The first kappa shape index (κ1) is 25.1. The van der Waals surface area contributed by atoms with Crippen LogP contribution in [0.2, 0.25) is 0 Å². The standard InChI is InChI=1S/C28H29F3N6/c1-27(2,3)18-8-10-19(11-9-18)33-25-20-12-13-22(24-21(28(29,30)31)7-6-14-32-24)34-26(20)36-23(35-25)17-37-15-4-5-16-37/h6-14H,4-5,15-17H2,1-3H3,(H,33,34,35,36). The van der Waals surface area contributed by atoms with Gasteiger partial charge >= 0.3 is 6.18 Å². The Balaban J connectivity index is 1.57. The molecule has 6 nitrogen and oxygen atoms in total. The Morgan fingerprint density at radius 3 is 2.30 bits per heavy atom. The molecule has 0 amide bonds. The summed E-state index contributed by atoms with van der Waals surface area (Å²) in [7, 11) is 0. The van der Waals surface area contributed by atoms with Crippen LogP contribution in [0.1, 0.15) is 50.6 Å². The summed E-state index contributed by atoms with van der Waals surface area (Å²) < 4.78 is 40.9. The van der Waals surface area contributed by atoms with Crippen molar-refractivity contribution in [2.75, 3.05) is 18.4 Å². The first-order valence-electron chi connectivity index (χ1n) is 12.4. The Hall–Kier alpha value is -3.59. The maximum Gasteiger partial charge on any atom is 0.418 e. The number of hydrogen-bond donors (Lipinski definition) is 1. The van der Waals surface area contributed by atoms with E-state index in [0.717, 1.165) is 37.7 Å². The lowest BCUT2D eigenvalue weighted by atomic mass is 9.87. The van der Waals surface area contributed by atoms with Crippen LogP contribution in [0.3, 0.4) is 0 Å². The number of hydrogen-bond acceptors (Lipinski definition) is 6. The highest BCUT2D eigenvalue weighted by Crippen LogP contribution is 2.36. The second-order valence-corrected chi connectivity index (χ2v) is 10.4. The number of aromatic nitrogens is 4. The van der Waals surface area contributed by atoms with Crippen LogP contribution >= 0.6 is 0 Å². The van der Waals surface area contributed by atoms with Gasteiger partial charge in [-0.15, -0.1) is 0 Å². The number of halogens is 3. The Bertz CT molecular complexity index is 1400. The molecule has 1 aliphatic rings. The average molecular weight is 507 g/mol. The molecule has 3 aromatic heterocycles. The SMILES string of the molecule is CC(C)(C)c1ccc(Nc2nc(CN3CCCC3)nc3nc(-c4ncccc4C(F)(F)F)ccc23)cc1. The lowest BCUT2D eigenvalue weighted by Crippen LogP contribution is -2.20. The van der Waals surface area contributed by atoms with Gasteiger partial charge in [0.1, 0.15) is 17.3 Å². The molecule has 4 aromatic rings. The molecule has 0 bridgehead atoms. The molecule has 0 aliphatic carbocycles. The molecular weight excluding hydrogens is 477 g/mol. The number of nitrogens with one attached hydrogen (secondary N) is 1. The quantitative estimate of drug-likeness (QED) is 0.323. The van der Waals surface area contributed by atoms with E-state index in [1.165, 1.54) is 23.9 Å². The van der Waals surface area contributed by atoms with Crippen molar-refractivity contribution in [3.8, 4) is 11.4 Å². The summed E-state index contributed by atoms with van der Waals surface area (Å²) in [5.74, 6) is 1.14. The minimum absolute atomic E-state index is 0.0318. The third-order valence-corrected chi connectivity index (χ3v) is 6.54. The molecule has 1 fully saturated rings. The smallest absolute Gasteiger partial charge is 0.340 e. The number of alkyl halides is 3. The van der Waals surface area contributed by atoms with E-state index >= 15 is 0 Å². The monoisotopic (exact) mass is 506 g/mol. The van der Waals surface area contributed by atoms with E-state index in [1.807, 2.05) is 12.1 Å². The maximum atomic E-state index is 13.6. The number of rotatable bonds is 5. The van der Waals surface area contributed by atoms with Gasteiger partial charge < -0.3 is 5.32 Å². The minimum atomic E-state index is -4.54. The number of nitrogens with zero attached hydrogens (tertiary/aromatic N) is 5. The van der Waals surface area contributed by atoms with Crippen molar-refractivity contribution in [3.63, 3.8) is 0 Å². The fraction of sp³-hybridized carbons (Fsp3) is 0.357. The lowest BCUT2D eigenvalue weighted by molar-refractivity contribution is -0.137. The third kappa shape index (κ3) is 5.56. The van der Waals surface area contributed by atoms with Gasteiger partial charge in [0.15, 0.2) is 5.65 Å². The molecule has 0 saturated carbocycles. The number of likely N-dealkylation sites (tertiary alicyclic amines) is 1. The maximum absolute atomic E-state index is 13.6. The van der Waals surface area contributed by atoms with Gasteiger partial charge in [-0.1, -0.05) is 32.9 Å². The minimum Gasteiger partial charge on any atom is -0.340 e. The zero-order chi connectivity index (χ0) is 26.2. The summed E-state index contributed by atoms with van der Waals surface area (Å²) in [6.07, 6.45) is -0.954. The molecule has 1 saturated heterocycles. The molecule has 1 aliphatic heterocycles. The first-order valence-corrected chi connectivity index (χ1v) is 12.4. The van der Waals surface area contributed by atoms with Crippen molar-refractivity contribution in [2.24, 2.45) is 0 Å². The van der Waals surface area contributed by atoms with Crippen molar-refractivity contribution in [1.29, 1.82) is 0 Å². The normalized spacial score (nSPS) is 14.9. The fourth-order valence-corrected chi connectivity index (χ4v) is 4.52. The van der Waals surface area contributed by atoms with E-state index in [9.17, 15) is 13.2 Å². The largest absolute Gasteiger partial charge is 0.418 e. The predicted molar refractivity (Wildman–Crippen MR) is 139 cm³/mol. The number of benzene rings is 1. The molecule has 1 aromatic carbocycles. The van der Waals surface area contributed by atoms with Crippen molar-refractivity contribution >= 4 is 22.5 Å². The highest BCUT2D eigenvalue weighted by molar-refractivity contribution is 5.90. The van der Waals surface area contributed by atoms with E-state index in [0.29, 0.717) is 29.2 Å². The van der Waals surface area contributed by atoms with E-state index < -0.39 is 11.7 Å². The van der Waals surface area contributed by atoms with E-state index in [1.54, 1.807) is 6.07 Å². The van der Waals surface area contributed by atoms with Crippen LogP contribution in [-0.4, -0.2) is 37.9 Å². The summed E-state index contributed by atoms with van der Waals surface area (Å²) in [6, 6.07) is 13.7. The van der Waals surface area contributed by atoms with Crippen LogP contribution in [0, 0.1) is 0 Å². The molecular formula is C28H29F3N6.